The van der Waals surface area contributed by atoms with Crippen LogP contribution in [0, 0.1) is 0 Å². The maximum Gasteiger partial charge on any atom is 0.311 e. The number of allylic oxidation sites excluding steroid dienone is 1. The van der Waals surface area contributed by atoms with Gasteiger partial charge in [-0.05, 0) is 31.4 Å². The van der Waals surface area contributed by atoms with Crippen LogP contribution in [-0.4, -0.2) is 12.6 Å². The summed E-state index contributed by atoms with van der Waals surface area (Å²) in [5, 5.41) is 1.96. The molecule has 1 aromatic heterocycles. The first kappa shape index (κ1) is 11.0. The summed E-state index contributed by atoms with van der Waals surface area (Å²) in [6, 6.07) is 3.87. The van der Waals surface area contributed by atoms with Gasteiger partial charge in [-0.2, -0.15) is 0 Å². The van der Waals surface area contributed by atoms with Gasteiger partial charge in [0, 0.05) is 4.88 Å². The van der Waals surface area contributed by atoms with Crippen LogP contribution in [0.25, 0.3) is 0 Å². The van der Waals surface area contributed by atoms with Crippen LogP contribution >= 0.6 is 11.3 Å². The van der Waals surface area contributed by atoms with Gasteiger partial charge in [-0.1, -0.05) is 11.6 Å². The summed E-state index contributed by atoms with van der Waals surface area (Å²) in [5.74, 6) is -0.162. The standard InChI is InChI=1S/C11H14O2S/c1-9(2)5-6-13-11(12)8-10-4-3-7-14-10/h3-5,7H,6,8H2,1-2H3. The molecule has 0 radical (unpaired) electrons. The number of esters is 1. The predicted octanol–water partition coefficient (Wildman–Crippen LogP) is 2.80. The van der Waals surface area contributed by atoms with Gasteiger partial charge in [0.1, 0.15) is 6.61 Å². The average molecular weight is 210 g/mol. The third kappa shape index (κ3) is 4.23. The van der Waals surface area contributed by atoms with Crippen LogP contribution in [0.4, 0.5) is 0 Å². The van der Waals surface area contributed by atoms with Crippen LogP contribution in [0.5, 0.6) is 0 Å². The first-order chi connectivity index (χ1) is 6.68. The van der Waals surface area contributed by atoms with Crippen LogP contribution in [0.2, 0.25) is 0 Å². The van der Waals surface area contributed by atoms with Gasteiger partial charge >= 0.3 is 5.97 Å². The zero-order chi connectivity index (χ0) is 10.4. The van der Waals surface area contributed by atoms with E-state index in [2.05, 4.69) is 0 Å². The molecule has 14 heavy (non-hydrogen) atoms. The zero-order valence-corrected chi connectivity index (χ0v) is 9.26. The van der Waals surface area contributed by atoms with E-state index in [-0.39, 0.29) is 5.97 Å². The summed E-state index contributed by atoms with van der Waals surface area (Å²) in [4.78, 5) is 12.3. The molecule has 3 heteroatoms. The quantitative estimate of drug-likeness (QED) is 0.564. The highest BCUT2D eigenvalue weighted by Crippen LogP contribution is 2.09. The van der Waals surface area contributed by atoms with Crippen molar-refractivity contribution in [1.82, 2.24) is 0 Å². The van der Waals surface area contributed by atoms with Crippen molar-refractivity contribution in [3.8, 4) is 0 Å². The molecule has 0 aliphatic heterocycles. The van der Waals surface area contributed by atoms with E-state index in [1.165, 1.54) is 0 Å². The molecular weight excluding hydrogens is 196 g/mol. The van der Waals surface area contributed by atoms with Crippen LogP contribution < -0.4 is 0 Å². The van der Waals surface area contributed by atoms with Gasteiger partial charge in [0.15, 0.2) is 0 Å². The molecule has 0 aromatic carbocycles. The second-order valence-corrected chi connectivity index (χ2v) is 4.25. The maximum atomic E-state index is 11.2. The molecular formula is C11H14O2S. The van der Waals surface area contributed by atoms with Crippen LogP contribution in [0.15, 0.2) is 29.2 Å². The number of hydrogen-bond acceptors (Lipinski definition) is 3. The van der Waals surface area contributed by atoms with E-state index in [0.29, 0.717) is 13.0 Å². The van der Waals surface area contributed by atoms with Gasteiger partial charge < -0.3 is 4.74 Å². The largest absolute Gasteiger partial charge is 0.461 e. The van der Waals surface area contributed by atoms with E-state index in [1.807, 2.05) is 37.4 Å². The molecule has 2 nitrogen and oxygen atoms in total. The van der Waals surface area contributed by atoms with E-state index in [4.69, 9.17) is 4.74 Å². The van der Waals surface area contributed by atoms with Crippen molar-refractivity contribution in [2.75, 3.05) is 6.61 Å². The van der Waals surface area contributed by atoms with E-state index in [9.17, 15) is 4.79 Å². The minimum atomic E-state index is -0.162. The Labute approximate surface area is 88.2 Å². The predicted molar refractivity (Wildman–Crippen MR) is 58.4 cm³/mol. The Hall–Kier alpha value is -1.09. The first-order valence-corrected chi connectivity index (χ1v) is 5.38. The number of thiophene rings is 1. The number of carbonyl (C=O) groups is 1. The monoisotopic (exact) mass is 210 g/mol. The third-order valence-electron chi connectivity index (χ3n) is 1.63. The fraction of sp³-hybridized carbons (Fsp3) is 0.364. The third-order valence-corrected chi connectivity index (χ3v) is 2.51. The fourth-order valence-electron chi connectivity index (χ4n) is 0.908. The fourth-order valence-corrected chi connectivity index (χ4v) is 1.60. The summed E-state index contributed by atoms with van der Waals surface area (Å²) in [6.07, 6.45) is 2.28. The summed E-state index contributed by atoms with van der Waals surface area (Å²) >= 11 is 1.57. The Kier molecular flexibility index (Phi) is 4.40. The van der Waals surface area contributed by atoms with Crippen molar-refractivity contribution < 1.29 is 9.53 Å². The molecule has 0 unspecified atom stereocenters. The zero-order valence-electron chi connectivity index (χ0n) is 8.45. The van der Waals surface area contributed by atoms with Crippen molar-refractivity contribution in [2.24, 2.45) is 0 Å². The first-order valence-electron chi connectivity index (χ1n) is 4.50. The van der Waals surface area contributed by atoms with Crippen molar-refractivity contribution in [3.63, 3.8) is 0 Å². The minimum Gasteiger partial charge on any atom is -0.461 e. The molecule has 0 saturated heterocycles. The molecule has 1 heterocycles. The lowest BCUT2D eigenvalue weighted by molar-refractivity contribution is -0.141. The second-order valence-electron chi connectivity index (χ2n) is 3.22. The molecule has 0 spiro atoms. The summed E-state index contributed by atoms with van der Waals surface area (Å²) in [5.41, 5.74) is 1.16. The van der Waals surface area contributed by atoms with Crippen molar-refractivity contribution in [1.29, 1.82) is 0 Å². The highest BCUT2D eigenvalue weighted by atomic mass is 32.1. The smallest absolute Gasteiger partial charge is 0.311 e. The van der Waals surface area contributed by atoms with E-state index < -0.39 is 0 Å². The highest BCUT2D eigenvalue weighted by Gasteiger charge is 2.03. The van der Waals surface area contributed by atoms with E-state index in [0.717, 1.165) is 10.5 Å². The highest BCUT2D eigenvalue weighted by molar-refractivity contribution is 7.10. The molecule has 0 atom stereocenters. The van der Waals surface area contributed by atoms with Gasteiger partial charge in [0.25, 0.3) is 0 Å². The number of carbonyl (C=O) groups excluding carboxylic acids is 1. The molecule has 1 rings (SSSR count). The molecule has 0 fully saturated rings. The molecule has 0 saturated carbocycles. The van der Waals surface area contributed by atoms with Crippen molar-refractivity contribution in [2.45, 2.75) is 20.3 Å². The van der Waals surface area contributed by atoms with Gasteiger partial charge in [-0.3, -0.25) is 4.79 Å². The molecule has 0 amide bonds. The molecule has 1 aromatic rings. The average Bonchev–Trinajstić information content (AvgIpc) is 2.56. The van der Waals surface area contributed by atoms with Gasteiger partial charge in [0.05, 0.1) is 6.42 Å². The molecule has 0 aliphatic rings. The summed E-state index contributed by atoms with van der Waals surface area (Å²) in [6.45, 7) is 4.34. The lowest BCUT2D eigenvalue weighted by Crippen LogP contribution is -2.06. The van der Waals surface area contributed by atoms with E-state index >= 15 is 0 Å². The van der Waals surface area contributed by atoms with Gasteiger partial charge in [-0.15, -0.1) is 11.3 Å². The Morgan fingerprint density at radius 2 is 2.36 bits per heavy atom. The van der Waals surface area contributed by atoms with Crippen LogP contribution in [0.1, 0.15) is 18.7 Å². The minimum absolute atomic E-state index is 0.162. The number of rotatable bonds is 4. The lowest BCUT2D eigenvalue weighted by Gasteiger charge is -2.00. The van der Waals surface area contributed by atoms with Gasteiger partial charge in [0.2, 0.25) is 0 Å². The SMILES string of the molecule is CC(C)=CCOC(=O)Cc1cccs1. The molecule has 0 N–H and O–H groups in total. The summed E-state index contributed by atoms with van der Waals surface area (Å²) < 4.78 is 5.02. The number of ether oxygens (including phenoxy) is 1. The Balaban J connectivity index is 2.27. The molecule has 0 bridgehead atoms. The normalized spacial score (nSPS) is 9.57. The lowest BCUT2D eigenvalue weighted by atomic mass is 10.3. The molecule has 0 aliphatic carbocycles. The second kappa shape index (κ2) is 5.60. The van der Waals surface area contributed by atoms with Crippen molar-refractivity contribution >= 4 is 17.3 Å². The maximum absolute atomic E-state index is 11.2. The summed E-state index contributed by atoms with van der Waals surface area (Å²) in [7, 11) is 0. The van der Waals surface area contributed by atoms with Crippen LogP contribution in [0.3, 0.4) is 0 Å². The van der Waals surface area contributed by atoms with E-state index in [1.54, 1.807) is 11.3 Å². The number of hydrogen-bond donors (Lipinski definition) is 0. The Morgan fingerprint density at radius 3 is 2.93 bits per heavy atom. The van der Waals surface area contributed by atoms with Gasteiger partial charge in [-0.25, -0.2) is 0 Å². The van der Waals surface area contributed by atoms with Crippen molar-refractivity contribution in [3.05, 3.63) is 34.0 Å². The van der Waals surface area contributed by atoms with Crippen LogP contribution in [-0.2, 0) is 16.0 Å². The topological polar surface area (TPSA) is 26.3 Å². The Morgan fingerprint density at radius 1 is 1.57 bits per heavy atom. The Bertz CT molecular complexity index is 308. The molecule has 76 valence electrons.